The lowest BCUT2D eigenvalue weighted by atomic mass is 10.3. The quantitative estimate of drug-likeness (QED) is 0.727. The Morgan fingerprint density at radius 2 is 1.89 bits per heavy atom. The smallest absolute Gasteiger partial charge is 0.491 e. The fourth-order valence-corrected chi connectivity index (χ4v) is 1.66. The molecule has 0 amide bonds. The summed E-state index contributed by atoms with van der Waals surface area (Å²) in [5, 5.41) is 0. The Morgan fingerprint density at radius 1 is 1.21 bits per heavy atom. The van der Waals surface area contributed by atoms with E-state index in [9.17, 15) is 13.2 Å². The van der Waals surface area contributed by atoms with Crippen LogP contribution in [0.1, 0.15) is 13.8 Å². The molecular formula is C12H14BrF3O3. The summed E-state index contributed by atoms with van der Waals surface area (Å²) in [5.41, 5.74) is 0. The van der Waals surface area contributed by atoms with Crippen molar-refractivity contribution in [1.29, 1.82) is 0 Å². The fraction of sp³-hybridized carbons (Fsp3) is 0.500. The van der Waals surface area contributed by atoms with Crippen LogP contribution in [0.5, 0.6) is 11.5 Å². The summed E-state index contributed by atoms with van der Waals surface area (Å²) in [7, 11) is 0. The maximum Gasteiger partial charge on any atom is 0.573 e. The molecule has 0 radical (unpaired) electrons. The predicted octanol–water partition coefficient (Wildman–Crippen LogP) is 4.15. The van der Waals surface area contributed by atoms with Crippen molar-refractivity contribution < 1.29 is 27.4 Å². The van der Waals surface area contributed by atoms with Gasteiger partial charge in [-0.1, -0.05) is 0 Å². The van der Waals surface area contributed by atoms with E-state index in [0.29, 0.717) is 19.0 Å². The van der Waals surface area contributed by atoms with Gasteiger partial charge in [-0.3, -0.25) is 0 Å². The van der Waals surface area contributed by atoms with Gasteiger partial charge in [-0.2, -0.15) is 0 Å². The topological polar surface area (TPSA) is 27.7 Å². The molecule has 19 heavy (non-hydrogen) atoms. The maximum atomic E-state index is 12.1. The molecule has 0 saturated heterocycles. The molecule has 108 valence electrons. The van der Waals surface area contributed by atoms with Crippen LogP contribution in [0.3, 0.4) is 0 Å². The molecule has 7 heteroatoms. The van der Waals surface area contributed by atoms with Crippen LogP contribution in [0.4, 0.5) is 13.2 Å². The van der Waals surface area contributed by atoms with E-state index in [0.717, 1.165) is 0 Å². The predicted molar refractivity (Wildman–Crippen MR) is 67.4 cm³/mol. The first kappa shape index (κ1) is 16.1. The monoisotopic (exact) mass is 342 g/mol. The molecular weight excluding hydrogens is 329 g/mol. The fourth-order valence-electron chi connectivity index (χ4n) is 1.22. The van der Waals surface area contributed by atoms with Crippen molar-refractivity contribution in [3.05, 3.63) is 22.7 Å². The number of rotatable bonds is 6. The highest BCUT2D eigenvalue weighted by Gasteiger charge is 2.31. The first-order valence-electron chi connectivity index (χ1n) is 5.57. The number of halogens is 4. The average Bonchev–Trinajstić information content (AvgIpc) is 2.26. The number of ether oxygens (including phenoxy) is 3. The molecule has 0 saturated carbocycles. The van der Waals surface area contributed by atoms with Gasteiger partial charge in [0, 0.05) is 0 Å². The highest BCUT2D eigenvalue weighted by molar-refractivity contribution is 9.10. The van der Waals surface area contributed by atoms with Crippen molar-refractivity contribution in [2.75, 3.05) is 13.2 Å². The lowest BCUT2D eigenvalue weighted by Crippen LogP contribution is -2.17. The molecule has 0 aromatic heterocycles. The van der Waals surface area contributed by atoms with E-state index >= 15 is 0 Å². The highest BCUT2D eigenvalue weighted by Crippen LogP contribution is 2.33. The lowest BCUT2D eigenvalue weighted by molar-refractivity contribution is -0.274. The van der Waals surface area contributed by atoms with Gasteiger partial charge in [-0.05, 0) is 48.0 Å². The van der Waals surface area contributed by atoms with Crippen LogP contribution in [-0.4, -0.2) is 25.7 Å². The van der Waals surface area contributed by atoms with Crippen molar-refractivity contribution in [2.24, 2.45) is 0 Å². The maximum absolute atomic E-state index is 12.1. The number of hydrogen-bond donors (Lipinski definition) is 0. The Morgan fingerprint density at radius 3 is 2.42 bits per heavy atom. The largest absolute Gasteiger partial charge is 0.573 e. The van der Waals surface area contributed by atoms with Gasteiger partial charge in [0.2, 0.25) is 0 Å². The Balaban J connectivity index is 2.52. The Bertz CT molecular complexity index is 408. The molecule has 0 bridgehead atoms. The summed E-state index contributed by atoms with van der Waals surface area (Å²) in [5.74, 6) is 0.132. The van der Waals surface area contributed by atoms with E-state index in [1.54, 1.807) is 0 Å². The Labute approximate surface area is 117 Å². The van der Waals surface area contributed by atoms with Gasteiger partial charge in [0.05, 0.1) is 17.2 Å². The van der Waals surface area contributed by atoms with E-state index < -0.39 is 6.36 Å². The van der Waals surface area contributed by atoms with E-state index in [1.165, 1.54) is 18.2 Å². The van der Waals surface area contributed by atoms with Gasteiger partial charge >= 0.3 is 6.36 Å². The second-order valence-corrected chi connectivity index (χ2v) is 4.76. The minimum Gasteiger partial charge on any atom is -0.491 e. The van der Waals surface area contributed by atoms with Crippen LogP contribution in [0.25, 0.3) is 0 Å². The molecule has 1 aromatic rings. The van der Waals surface area contributed by atoms with E-state index in [-0.39, 0.29) is 16.3 Å². The zero-order valence-corrected chi connectivity index (χ0v) is 12.0. The number of alkyl halides is 3. The second-order valence-electron chi connectivity index (χ2n) is 3.91. The second kappa shape index (κ2) is 7.00. The van der Waals surface area contributed by atoms with Crippen LogP contribution >= 0.6 is 15.9 Å². The van der Waals surface area contributed by atoms with Crippen molar-refractivity contribution in [2.45, 2.75) is 26.3 Å². The van der Waals surface area contributed by atoms with Crippen LogP contribution in [0.15, 0.2) is 22.7 Å². The van der Waals surface area contributed by atoms with Gasteiger partial charge in [0.25, 0.3) is 0 Å². The van der Waals surface area contributed by atoms with Crippen molar-refractivity contribution in [3.63, 3.8) is 0 Å². The molecule has 0 fully saturated rings. The zero-order chi connectivity index (χ0) is 14.5. The van der Waals surface area contributed by atoms with E-state index in [4.69, 9.17) is 9.47 Å². The van der Waals surface area contributed by atoms with Crippen LogP contribution in [0.2, 0.25) is 0 Å². The molecule has 0 heterocycles. The molecule has 0 aliphatic carbocycles. The number of hydrogen-bond acceptors (Lipinski definition) is 3. The molecule has 1 rings (SSSR count). The van der Waals surface area contributed by atoms with Gasteiger partial charge in [-0.25, -0.2) is 0 Å². The van der Waals surface area contributed by atoms with Gasteiger partial charge < -0.3 is 14.2 Å². The van der Waals surface area contributed by atoms with Crippen molar-refractivity contribution in [1.82, 2.24) is 0 Å². The third-order valence-electron chi connectivity index (χ3n) is 1.93. The van der Waals surface area contributed by atoms with E-state index in [1.807, 2.05) is 13.8 Å². The third kappa shape index (κ3) is 6.68. The molecule has 0 unspecified atom stereocenters. The summed E-state index contributed by atoms with van der Waals surface area (Å²) < 4.78 is 50.8. The van der Waals surface area contributed by atoms with Crippen molar-refractivity contribution in [3.8, 4) is 11.5 Å². The minimum absolute atomic E-state index is 0.109. The summed E-state index contributed by atoms with van der Waals surface area (Å²) in [6.07, 6.45) is -4.60. The molecule has 0 N–H and O–H groups in total. The first-order chi connectivity index (χ1) is 8.78. The van der Waals surface area contributed by atoms with Gasteiger partial charge in [-0.15, -0.1) is 13.2 Å². The van der Waals surface area contributed by atoms with Gasteiger partial charge in [0.1, 0.15) is 18.1 Å². The van der Waals surface area contributed by atoms with Gasteiger partial charge in [0.15, 0.2) is 0 Å². The third-order valence-corrected chi connectivity index (χ3v) is 2.55. The SMILES string of the molecule is CC(C)OCCOc1ccc(OC(F)(F)F)c(Br)c1. The summed E-state index contributed by atoms with van der Waals surface area (Å²) in [6, 6.07) is 4.01. The highest BCUT2D eigenvalue weighted by atomic mass is 79.9. The standard InChI is InChI=1S/C12H14BrF3O3/c1-8(2)17-5-6-18-9-3-4-11(10(13)7-9)19-12(14,15)16/h3-4,7-8H,5-6H2,1-2H3. The molecule has 0 spiro atoms. The summed E-state index contributed by atoms with van der Waals surface area (Å²) in [4.78, 5) is 0. The van der Waals surface area contributed by atoms with Crippen molar-refractivity contribution >= 4 is 15.9 Å². The molecule has 1 aromatic carbocycles. The zero-order valence-electron chi connectivity index (χ0n) is 10.5. The van der Waals surface area contributed by atoms with Crippen LogP contribution in [-0.2, 0) is 4.74 Å². The molecule has 0 aliphatic heterocycles. The Kier molecular flexibility index (Phi) is 5.93. The molecule has 3 nitrogen and oxygen atoms in total. The van der Waals surface area contributed by atoms with Crippen LogP contribution < -0.4 is 9.47 Å². The minimum atomic E-state index is -4.71. The normalized spacial score (nSPS) is 11.7. The summed E-state index contributed by atoms with van der Waals surface area (Å²) in [6.45, 7) is 4.54. The van der Waals surface area contributed by atoms with Crippen LogP contribution in [0, 0.1) is 0 Å². The average molecular weight is 343 g/mol. The number of benzene rings is 1. The summed E-state index contributed by atoms with van der Waals surface area (Å²) >= 11 is 3.00. The first-order valence-corrected chi connectivity index (χ1v) is 6.37. The lowest BCUT2D eigenvalue weighted by Gasteiger charge is -2.12. The van der Waals surface area contributed by atoms with E-state index in [2.05, 4.69) is 20.7 Å². The molecule has 0 atom stereocenters. The Hall–Kier alpha value is -0.950. The molecule has 0 aliphatic rings.